The van der Waals surface area contributed by atoms with Crippen LogP contribution in [0.3, 0.4) is 0 Å². The van der Waals surface area contributed by atoms with Gasteiger partial charge in [0.15, 0.2) is 0 Å². The fourth-order valence-electron chi connectivity index (χ4n) is 14.0. The number of furan rings is 2. The van der Waals surface area contributed by atoms with E-state index in [1.807, 2.05) is 23.9 Å². The summed E-state index contributed by atoms with van der Waals surface area (Å²) >= 11 is 1.90. The molecule has 0 amide bonds. The van der Waals surface area contributed by atoms with E-state index in [1.54, 1.807) is 0 Å². The molecule has 2 aliphatic rings. The zero-order valence-corrected chi connectivity index (χ0v) is 49.7. The largest absolute Gasteiger partial charge is 0.456 e. The van der Waals surface area contributed by atoms with Crippen molar-refractivity contribution in [3.8, 4) is 50.2 Å². The summed E-state index contributed by atoms with van der Waals surface area (Å²) in [4.78, 5) is 5.16. The van der Waals surface area contributed by atoms with Crippen molar-refractivity contribution < 1.29 is 8.83 Å². The van der Waals surface area contributed by atoms with Crippen LogP contribution in [0.25, 0.3) is 116 Å². The van der Waals surface area contributed by atoms with E-state index in [9.17, 15) is 0 Å². The van der Waals surface area contributed by atoms with E-state index in [-0.39, 0.29) is 17.5 Å². The van der Waals surface area contributed by atoms with Gasteiger partial charge in [0.05, 0.1) is 16.7 Å². The maximum absolute atomic E-state index is 6.44. The van der Waals surface area contributed by atoms with Gasteiger partial charge < -0.3 is 18.3 Å². The van der Waals surface area contributed by atoms with Crippen LogP contribution in [0.5, 0.6) is 0 Å². The zero-order chi connectivity index (χ0) is 57.7. The molecule has 0 aliphatic carbocycles. The summed E-state index contributed by atoms with van der Waals surface area (Å²) in [5, 5.41) is 6.95. The van der Waals surface area contributed by atoms with Gasteiger partial charge in [-0.3, -0.25) is 0 Å². The number of nitrogens with zero attached hydrogens (tertiary/aromatic N) is 2. The van der Waals surface area contributed by atoms with E-state index in [1.165, 1.54) is 75.8 Å². The number of para-hydroxylation sites is 5. The maximum atomic E-state index is 6.44. The van der Waals surface area contributed by atoms with Crippen LogP contribution in [-0.2, 0) is 10.8 Å². The minimum atomic E-state index is -0.0915. The number of aromatic nitrogens is 1. The topological polar surface area (TPSA) is 34.5 Å². The van der Waals surface area contributed by atoms with Crippen LogP contribution in [0, 0.1) is 0 Å². The summed E-state index contributed by atoms with van der Waals surface area (Å²) in [7, 11) is 0. The first-order chi connectivity index (χ1) is 41.9. The van der Waals surface area contributed by atoms with Crippen LogP contribution in [-0.4, -0.2) is 11.3 Å². The Labute approximate surface area is 505 Å². The van der Waals surface area contributed by atoms with Crippen molar-refractivity contribution in [3.05, 3.63) is 260 Å². The molecule has 86 heavy (non-hydrogen) atoms. The summed E-state index contributed by atoms with van der Waals surface area (Å²) in [6, 6.07) is 93.1. The maximum Gasteiger partial charge on any atom is 0.249 e. The van der Waals surface area contributed by atoms with Crippen molar-refractivity contribution in [1.29, 1.82) is 0 Å². The summed E-state index contributed by atoms with van der Waals surface area (Å²) in [5.74, 6) is 0. The first-order valence-electron chi connectivity index (χ1n) is 30.0. The lowest BCUT2D eigenvalue weighted by atomic mass is 9.34. The molecule has 17 rings (SSSR count). The SMILES string of the molecule is CC(C)(C)c1ccc(-c2cccc(-c3ccc(C(C)(C)C)cc3)c2N2c3cc(-c4ccc5oc6ccccc6c5c4)ccc3B3c4ccc(-c5ccc6oc7ccccc7c6c5)cc4Sc4cc(-n5c6ccccc6c6ccccc65)cc2c43)cc1. The average Bonchev–Trinajstić information content (AvgIpc) is 0.991. The highest BCUT2D eigenvalue weighted by molar-refractivity contribution is 8.00. The van der Waals surface area contributed by atoms with Gasteiger partial charge in [-0.25, -0.2) is 0 Å². The average molecular weight is 1120 g/mol. The Morgan fingerprint density at radius 1 is 0.349 bits per heavy atom. The third-order valence-corrected chi connectivity index (χ3v) is 19.5. The molecule has 12 aromatic carbocycles. The van der Waals surface area contributed by atoms with Crippen molar-refractivity contribution >= 4 is 118 Å². The van der Waals surface area contributed by atoms with Crippen LogP contribution >= 0.6 is 11.8 Å². The van der Waals surface area contributed by atoms with Crippen molar-refractivity contribution in [2.75, 3.05) is 4.90 Å². The number of fused-ring (bicyclic) bond motifs is 13. The van der Waals surface area contributed by atoms with Crippen molar-refractivity contribution in [2.24, 2.45) is 0 Å². The molecule has 6 heteroatoms. The molecular formula is C80H59BN2O2S. The fraction of sp³-hybridized carbons (Fsp3) is 0.100. The Kier molecular flexibility index (Phi) is 11.1. The number of hydrogen-bond acceptors (Lipinski definition) is 4. The van der Waals surface area contributed by atoms with Gasteiger partial charge in [-0.05, 0) is 139 Å². The molecule has 0 radical (unpaired) electrons. The standard InChI is InChI=1S/C80H59BN2O2S/c1-79(2,3)54-34-26-48(27-35-54)57-20-15-21-58(49-28-36-55(37-29-49)80(4,5)6)78(57)83-69-44-52(50-32-40-73-63(42-50)61-18-9-13-24-71(61)84-73)30-38-65(69)81-66-39-31-53(51-33-41-74-64(43-51)62-19-10-14-25-72(62)85-74)45-75(66)86-76-47-56(46-70(83)77(76)81)82-67-22-11-7-16-59(67)60-17-8-12-23-68(60)82/h7-47H,1-6H3. The Bertz CT molecular complexity index is 5170. The van der Waals surface area contributed by atoms with Crippen LogP contribution in [0.4, 0.5) is 17.1 Å². The molecular weight excluding hydrogens is 1060 g/mol. The monoisotopic (exact) mass is 1120 g/mol. The molecule has 0 fully saturated rings. The van der Waals surface area contributed by atoms with E-state index in [2.05, 4.69) is 288 Å². The highest BCUT2D eigenvalue weighted by Gasteiger charge is 2.43. The van der Waals surface area contributed by atoms with Crippen LogP contribution in [0.2, 0.25) is 0 Å². The molecule has 0 N–H and O–H groups in total. The van der Waals surface area contributed by atoms with E-state index in [0.29, 0.717) is 0 Å². The molecule has 410 valence electrons. The third-order valence-electron chi connectivity index (χ3n) is 18.4. The van der Waals surface area contributed by atoms with Gasteiger partial charge in [-0.15, -0.1) is 0 Å². The number of benzene rings is 12. The number of rotatable bonds is 6. The molecule has 0 bridgehead atoms. The minimum absolute atomic E-state index is 0.00960. The molecule has 5 heterocycles. The van der Waals surface area contributed by atoms with Crippen molar-refractivity contribution in [3.63, 3.8) is 0 Å². The van der Waals surface area contributed by atoms with E-state index >= 15 is 0 Å². The summed E-state index contributed by atoms with van der Waals surface area (Å²) < 4.78 is 15.3. The fourth-order valence-corrected chi connectivity index (χ4v) is 15.3. The summed E-state index contributed by atoms with van der Waals surface area (Å²) in [6.45, 7) is 13.7. The van der Waals surface area contributed by atoms with Gasteiger partial charge in [0, 0.05) is 70.3 Å². The summed E-state index contributed by atoms with van der Waals surface area (Å²) in [5.41, 5.74) is 26.2. The Hall–Kier alpha value is -9.75. The van der Waals surface area contributed by atoms with Crippen molar-refractivity contribution in [1.82, 2.24) is 4.57 Å². The predicted octanol–water partition coefficient (Wildman–Crippen LogP) is 20.6. The smallest absolute Gasteiger partial charge is 0.249 e. The number of hydrogen-bond donors (Lipinski definition) is 0. The highest BCUT2D eigenvalue weighted by Crippen LogP contribution is 2.52. The second kappa shape index (κ2) is 18.9. The zero-order valence-electron chi connectivity index (χ0n) is 48.9. The quantitative estimate of drug-likeness (QED) is 0.155. The summed E-state index contributed by atoms with van der Waals surface area (Å²) in [6.07, 6.45) is 0. The van der Waals surface area contributed by atoms with E-state index < -0.39 is 0 Å². The molecule has 0 spiro atoms. The van der Waals surface area contributed by atoms with Crippen molar-refractivity contribution in [2.45, 2.75) is 62.2 Å². The lowest BCUT2D eigenvalue weighted by Crippen LogP contribution is -2.60. The lowest BCUT2D eigenvalue weighted by Gasteiger charge is -2.42. The highest BCUT2D eigenvalue weighted by atomic mass is 32.2. The molecule has 2 aliphatic heterocycles. The first-order valence-corrected chi connectivity index (χ1v) is 30.8. The first kappa shape index (κ1) is 50.7. The van der Waals surface area contributed by atoms with Gasteiger partial charge in [0.2, 0.25) is 6.71 Å². The van der Waals surface area contributed by atoms with Gasteiger partial charge >= 0.3 is 0 Å². The van der Waals surface area contributed by atoms with Crippen LogP contribution in [0.1, 0.15) is 52.7 Å². The third kappa shape index (κ3) is 7.92. The molecule has 15 aromatic rings. The molecule has 0 atom stereocenters. The Morgan fingerprint density at radius 3 is 1.35 bits per heavy atom. The minimum Gasteiger partial charge on any atom is -0.456 e. The van der Waals surface area contributed by atoms with E-state index in [4.69, 9.17) is 8.83 Å². The molecule has 3 aromatic heterocycles. The normalized spacial score (nSPS) is 13.1. The molecule has 0 unspecified atom stereocenters. The number of anilines is 3. The van der Waals surface area contributed by atoms with Gasteiger partial charge in [-0.1, -0.05) is 235 Å². The lowest BCUT2D eigenvalue weighted by molar-refractivity contribution is 0.590. The van der Waals surface area contributed by atoms with Gasteiger partial charge in [0.1, 0.15) is 22.3 Å². The van der Waals surface area contributed by atoms with Gasteiger partial charge in [0.25, 0.3) is 0 Å². The second-order valence-corrected chi connectivity index (χ2v) is 26.7. The predicted molar refractivity (Wildman–Crippen MR) is 364 cm³/mol. The van der Waals surface area contributed by atoms with Crippen LogP contribution in [0.15, 0.2) is 267 Å². The second-order valence-electron chi connectivity index (χ2n) is 25.6. The van der Waals surface area contributed by atoms with E-state index in [0.717, 1.165) is 94.4 Å². The van der Waals surface area contributed by atoms with Crippen LogP contribution < -0.4 is 21.3 Å². The Morgan fingerprint density at radius 2 is 0.802 bits per heavy atom. The Balaban J connectivity index is 0.968. The molecule has 0 saturated carbocycles. The van der Waals surface area contributed by atoms with Gasteiger partial charge in [-0.2, -0.15) is 0 Å². The molecule has 4 nitrogen and oxygen atoms in total. The molecule has 0 saturated heterocycles.